The second-order valence-electron chi connectivity index (χ2n) is 7.59. The minimum atomic E-state index is -0.149. The summed E-state index contributed by atoms with van der Waals surface area (Å²) in [6.45, 7) is 0.393. The molecule has 0 bridgehead atoms. The topological polar surface area (TPSA) is 49.7 Å². The summed E-state index contributed by atoms with van der Waals surface area (Å²) in [5, 5.41) is 1.67. The molecule has 160 valence electrons. The van der Waals surface area contributed by atoms with Crippen LogP contribution in [0.15, 0.2) is 72.6 Å². The van der Waals surface area contributed by atoms with Gasteiger partial charge in [0.15, 0.2) is 5.76 Å². The van der Waals surface area contributed by atoms with E-state index in [1.54, 1.807) is 31.4 Å². The van der Waals surface area contributed by atoms with Crippen molar-refractivity contribution in [2.75, 3.05) is 7.11 Å². The van der Waals surface area contributed by atoms with Gasteiger partial charge in [-0.3, -0.25) is 4.79 Å². The Hall–Kier alpha value is -3.70. The second-order valence-corrected chi connectivity index (χ2v) is 8.03. The van der Waals surface area contributed by atoms with Crippen molar-refractivity contribution in [1.82, 2.24) is 4.57 Å². The fraction of sp³-hybridized carbons (Fsp3) is 0.115. The first kappa shape index (κ1) is 20.2. The van der Waals surface area contributed by atoms with Crippen LogP contribution in [0.5, 0.6) is 17.2 Å². The van der Waals surface area contributed by atoms with Crippen LogP contribution in [-0.4, -0.2) is 17.5 Å². The molecule has 0 atom stereocenters. The Morgan fingerprint density at radius 2 is 1.81 bits per heavy atom. The van der Waals surface area contributed by atoms with Gasteiger partial charge in [-0.2, -0.15) is 0 Å². The highest BCUT2D eigenvalue weighted by Gasteiger charge is 2.28. The molecule has 0 unspecified atom stereocenters. The number of fused-ring (bicyclic) bond motifs is 2. The molecule has 4 aromatic rings. The minimum Gasteiger partial charge on any atom is -0.497 e. The molecule has 5 nitrogen and oxygen atoms in total. The average molecular weight is 446 g/mol. The number of carbonyl (C=O) groups is 1. The van der Waals surface area contributed by atoms with Gasteiger partial charge in [0.05, 0.1) is 12.7 Å². The van der Waals surface area contributed by atoms with E-state index in [1.165, 1.54) is 0 Å². The standard InChI is InChI=1S/C26H20ClNO4/c1-28-14-17(22-12-19(30-2)8-10-23(22)28)11-25-26(29)21-9-7-20(13-24(21)32-25)31-15-16-3-5-18(27)6-4-16/h3-14H,15H2,1-2H3/b25-11+. The number of ether oxygens (including phenoxy) is 3. The quantitative estimate of drug-likeness (QED) is 0.352. The second kappa shape index (κ2) is 8.09. The van der Waals surface area contributed by atoms with Gasteiger partial charge in [0.1, 0.15) is 23.9 Å². The number of Topliss-reactive ketones (excluding diaryl/α,β-unsaturated/α-hetero) is 1. The van der Waals surface area contributed by atoms with E-state index in [2.05, 4.69) is 0 Å². The Morgan fingerprint density at radius 1 is 1.03 bits per heavy atom. The molecule has 0 radical (unpaired) electrons. The molecule has 1 aliphatic heterocycles. The maximum atomic E-state index is 12.9. The smallest absolute Gasteiger partial charge is 0.231 e. The normalized spacial score (nSPS) is 14.0. The molecule has 1 aromatic heterocycles. The van der Waals surface area contributed by atoms with Gasteiger partial charge in [-0.25, -0.2) is 0 Å². The molecule has 3 aromatic carbocycles. The molecule has 0 amide bonds. The Morgan fingerprint density at radius 3 is 2.59 bits per heavy atom. The van der Waals surface area contributed by atoms with Crippen LogP contribution in [0.4, 0.5) is 0 Å². The maximum absolute atomic E-state index is 12.9. The number of nitrogens with zero attached hydrogens (tertiary/aromatic N) is 1. The predicted molar refractivity (Wildman–Crippen MR) is 125 cm³/mol. The van der Waals surface area contributed by atoms with Crippen LogP contribution < -0.4 is 14.2 Å². The van der Waals surface area contributed by atoms with Gasteiger partial charge in [-0.05, 0) is 54.1 Å². The number of aryl methyl sites for hydroxylation is 1. The van der Waals surface area contributed by atoms with E-state index in [0.717, 1.165) is 27.8 Å². The molecule has 32 heavy (non-hydrogen) atoms. The summed E-state index contributed by atoms with van der Waals surface area (Å²) in [6, 6.07) is 18.6. The van der Waals surface area contributed by atoms with Crippen molar-refractivity contribution < 1.29 is 19.0 Å². The Bertz CT molecular complexity index is 1370. The van der Waals surface area contributed by atoms with E-state index >= 15 is 0 Å². The van der Waals surface area contributed by atoms with E-state index in [4.69, 9.17) is 25.8 Å². The van der Waals surface area contributed by atoms with Crippen LogP contribution in [0, 0.1) is 0 Å². The minimum absolute atomic E-state index is 0.149. The summed E-state index contributed by atoms with van der Waals surface area (Å²) >= 11 is 5.92. The molecule has 0 N–H and O–H groups in total. The van der Waals surface area contributed by atoms with Gasteiger partial charge in [0.2, 0.25) is 5.78 Å². The number of halogens is 1. The van der Waals surface area contributed by atoms with Crippen molar-refractivity contribution in [3.05, 3.63) is 94.3 Å². The first-order chi connectivity index (χ1) is 15.5. The van der Waals surface area contributed by atoms with Crippen LogP contribution in [-0.2, 0) is 13.7 Å². The maximum Gasteiger partial charge on any atom is 0.231 e. The number of hydrogen-bond acceptors (Lipinski definition) is 4. The summed E-state index contributed by atoms with van der Waals surface area (Å²) in [5.74, 6) is 2.01. The summed E-state index contributed by atoms with van der Waals surface area (Å²) < 4.78 is 19.1. The van der Waals surface area contributed by atoms with Crippen LogP contribution in [0.2, 0.25) is 5.02 Å². The van der Waals surface area contributed by atoms with Crippen LogP contribution >= 0.6 is 11.6 Å². The number of methoxy groups -OCH3 is 1. The Balaban J connectivity index is 1.40. The van der Waals surface area contributed by atoms with Gasteiger partial charge in [-0.1, -0.05) is 23.7 Å². The van der Waals surface area contributed by atoms with Crippen molar-refractivity contribution in [1.29, 1.82) is 0 Å². The molecule has 6 heteroatoms. The SMILES string of the molecule is COc1ccc2c(c1)c(/C=C1/Oc3cc(OCc4ccc(Cl)cc4)ccc3C1=O)cn2C. The molecule has 2 heterocycles. The lowest BCUT2D eigenvalue weighted by Crippen LogP contribution is -1.98. The predicted octanol–water partition coefficient (Wildman–Crippen LogP) is 6.04. The fourth-order valence-electron chi connectivity index (χ4n) is 3.79. The number of allylic oxidation sites excluding steroid dienone is 1. The number of aromatic nitrogens is 1. The van der Waals surface area contributed by atoms with Crippen molar-refractivity contribution in [3.8, 4) is 17.2 Å². The lowest BCUT2D eigenvalue weighted by Gasteiger charge is -2.07. The number of hydrogen-bond donors (Lipinski definition) is 0. The molecular formula is C26H20ClNO4. The molecule has 0 spiro atoms. The zero-order chi connectivity index (χ0) is 22.2. The third-order valence-electron chi connectivity index (χ3n) is 5.47. The molecular weight excluding hydrogens is 426 g/mol. The van der Waals surface area contributed by atoms with E-state index in [1.807, 2.05) is 60.3 Å². The molecule has 5 rings (SSSR count). The molecule has 1 aliphatic rings. The van der Waals surface area contributed by atoms with Gasteiger partial charge in [0.25, 0.3) is 0 Å². The highest BCUT2D eigenvalue weighted by atomic mass is 35.5. The largest absolute Gasteiger partial charge is 0.497 e. The van der Waals surface area contributed by atoms with Gasteiger partial charge in [0, 0.05) is 40.8 Å². The van der Waals surface area contributed by atoms with E-state index in [0.29, 0.717) is 28.7 Å². The van der Waals surface area contributed by atoms with Gasteiger partial charge >= 0.3 is 0 Å². The molecule has 0 aliphatic carbocycles. The molecule has 0 saturated heterocycles. The summed E-state index contributed by atoms with van der Waals surface area (Å²) in [4.78, 5) is 12.9. The highest BCUT2D eigenvalue weighted by Crippen LogP contribution is 2.36. The highest BCUT2D eigenvalue weighted by molar-refractivity contribution is 6.30. The van der Waals surface area contributed by atoms with E-state index in [-0.39, 0.29) is 11.5 Å². The number of ketones is 1. The van der Waals surface area contributed by atoms with Gasteiger partial charge in [-0.15, -0.1) is 0 Å². The van der Waals surface area contributed by atoms with Crippen LogP contribution in [0.25, 0.3) is 17.0 Å². The third kappa shape index (κ3) is 3.72. The number of rotatable bonds is 5. The summed E-state index contributed by atoms with van der Waals surface area (Å²) in [7, 11) is 3.60. The molecule has 0 fully saturated rings. The van der Waals surface area contributed by atoms with Crippen molar-refractivity contribution in [2.24, 2.45) is 7.05 Å². The van der Waals surface area contributed by atoms with Crippen molar-refractivity contribution >= 4 is 34.4 Å². The average Bonchev–Trinajstić information content (AvgIpc) is 3.29. The Kier molecular flexibility index (Phi) is 5.11. The zero-order valence-corrected chi connectivity index (χ0v) is 18.3. The number of benzene rings is 3. The molecule has 0 saturated carbocycles. The third-order valence-corrected chi connectivity index (χ3v) is 5.73. The van der Waals surface area contributed by atoms with Gasteiger partial charge < -0.3 is 18.8 Å². The summed E-state index contributed by atoms with van der Waals surface area (Å²) in [6.07, 6.45) is 3.75. The zero-order valence-electron chi connectivity index (χ0n) is 17.6. The lowest BCUT2D eigenvalue weighted by atomic mass is 10.1. The van der Waals surface area contributed by atoms with E-state index < -0.39 is 0 Å². The lowest BCUT2D eigenvalue weighted by molar-refractivity contribution is 0.101. The van der Waals surface area contributed by atoms with E-state index in [9.17, 15) is 4.79 Å². The first-order valence-electron chi connectivity index (χ1n) is 10.1. The Labute approximate surface area is 190 Å². The van der Waals surface area contributed by atoms with Crippen molar-refractivity contribution in [3.63, 3.8) is 0 Å². The van der Waals surface area contributed by atoms with Crippen molar-refractivity contribution in [2.45, 2.75) is 6.61 Å². The monoisotopic (exact) mass is 445 g/mol. The summed E-state index contributed by atoms with van der Waals surface area (Å²) in [5.41, 5.74) is 3.45. The fourth-order valence-corrected chi connectivity index (χ4v) is 3.92. The first-order valence-corrected chi connectivity index (χ1v) is 10.5. The van der Waals surface area contributed by atoms with Crippen LogP contribution in [0.1, 0.15) is 21.5 Å². The number of carbonyl (C=O) groups excluding carboxylic acids is 1. The van der Waals surface area contributed by atoms with Crippen LogP contribution in [0.3, 0.4) is 0 Å².